The number of amides is 1. The number of likely N-dealkylation sites (tertiary alicyclic amines) is 1. The van der Waals surface area contributed by atoms with Crippen molar-refractivity contribution in [3.05, 3.63) is 83.2 Å². The van der Waals surface area contributed by atoms with Gasteiger partial charge in [0.1, 0.15) is 0 Å². The molecule has 0 saturated carbocycles. The van der Waals surface area contributed by atoms with Gasteiger partial charge < -0.3 is 5.32 Å². The van der Waals surface area contributed by atoms with Crippen LogP contribution in [0.5, 0.6) is 0 Å². The van der Waals surface area contributed by atoms with E-state index in [-0.39, 0.29) is 5.91 Å². The van der Waals surface area contributed by atoms with Gasteiger partial charge in [-0.25, -0.2) is 0 Å². The molecule has 1 amide bonds. The van der Waals surface area contributed by atoms with Crippen molar-refractivity contribution in [2.24, 2.45) is 7.05 Å². The molecule has 2 heterocycles. The van der Waals surface area contributed by atoms with E-state index in [1.807, 2.05) is 54.2 Å². The van der Waals surface area contributed by atoms with Crippen molar-refractivity contribution in [1.82, 2.24) is 14.7 Å². The van der Waals surface area contributed by atoms with Gasteiger partial charge in [0.25, 0.3) is 5.91 Å². The van der Waals surface area contributed by atoms with Crippen LogP contribution in [0.3, 0.4) is 0 Å². The molecule has 0 spiro atoms. The maximum absolute atomic E-state index is 12.4. The molecule has 0 atom stereocenters. The molecule has 0 radical (unpaired) electrons. The number of hydrogen-bond acceptors (Lipinski definition) is 3. The molecule has 0 aliphatic carbocycles. The van der Waals surface area contributed by atoms with Crippen LogP contribution >= 0.6 is 0 Å². The van der Waals surface area contributed by atoms with Crippen LogP contribution in [0.25, 0.3) is 0 Å². The molecular weight excluding hydrogens is 360 g/mol. The van der Waals surface area contributed by atoms with E-state index in [2.05, 4.69) is 40.6 Å². The maximum Gasteiger partial charge on any atom is 0.255 e. The Morgan fingerprint density at radius 1 is 1.07 bits per heavy atom. The number of carbonyl (C=O) groups is 1. The minimum atomic E-state index is -0.0654. The van der Waals surface area contributed by atoms with E-state index in [0.717, 1.165) is 43.9 Å². The van der Waals surface area contributed by atoms with Crippen molar-refractivity contribution in [2.45, 2.75) is 32.2 Å². The summed E-state index contributed by atoms with van der Waals surface area (Å²) >= 11 is 0. The Kier molecular flexibility index (Phi) is 5.76. The molecule has 1 aromatic heterocycles. The third-order valence-electron chi connectivity index (χ3n) is 5.77. The Bertz CT molecular complexity index is 954. The first-order valence-electron chi connectivity index (χ1n) is 10.3. The zero-order valence-corrected chi connectivity index (χ0v) is 17.1. The number of piperidine rings is 1. The first-order valence-corrected chi connectivity index (χ1v) is 10.3. The minimum Gasteiger partial charge on any atom is -0.322 e. The molecule has 1 aliphatic heterocycles. The summed E-state index contributed by atoms with van der Waals surface area (Å²) in [5.41, 5.74) is 5.29. The summed E-state index contributed by atoms with van der Waals surface area (Å²) in [6.45, 7) is 5.24. The Labute approximate surface area is 172 Å². The zero-order valence-electron chi connectivity index (χ0n) is 17.1. The summed E-state index contributed by atoms with van der Waals surface area (Å²) in [5, 5.41) is 7.39. The van der Waals surface area contributed by atoms with Crippen molar-refractivity contribution in [3.63, 3.8) is 0 Å². The first-order chi connectivity index (χ1) is 14.1. The fraction of sp³-hybridized carbons (Fsp3) is 0.333. The van der Waals surface area contributed by atoms with Crippen molar-refractivity contribution >= 4 is 11.6 Å². The SMILES string of the molecule is Cc1nn(C)cc1CN1CCC(c2ccc(C(=O)Nc3ccccc3)cc2)CC1. The lowest BCUT2D eigenvalue weighted by molar-refractivity contribution is 0.102. The Morgan fingerprint density at radius 2 is 1.76 bits per heavy atom. The Balaban J connectivity index is 1.32. The lowest BCUT2D eigenvalue weighted by atomic mass is 9.89. The largest absolute Gasteiger partial charge is 0.322 e. The van der Waals surface area contributed by atoms with Crippen LogP contribution in [0.2, 0.25) is 0 Å². The summed E-state index contributed by atoms with van der Waals surface area (Å²) < 4.78 is 1.90. The predicted molar refractivity (Wildman–Crippen MR) is 116 cm³/mol. The van der Waals surface area contributed by atoms with Gasteiger partial charge in [0.2, 0.25) is 0 Å². The molecule has 1 saturated heterocycles. The minimum absolute atomic E-state index is 0.0654. The molecular formula is C24H28N4O. The number of nitrogens with zero attached hydrogens (tertiary/aromatic N) is 3. The fourth-order valence-corrected chi connectivity index (χ4v) is 4.10. The molecule has 3 aromatic rings. The summed E-state index contributed by atoms with van der Waals surface area (Å²) in [6, 6.07) is 17.7. The number of nitrogens with one attached hydrogen (secondary N) is 1. The van der Waals surface area contributed by atoms with Crippen LogP contribution in [-0.4, -0.2) is 33.7 Å². The molecule has 0 bridgehead atoms. The van der Waals surface area contributed by atoms with Gasteiger partial charge in [0, 0.05) is 36.6 Å². The van der Waals surface area contributed by atoms with Crippen LogP contribution in [0.1, 0.15) is 45.9 Å². The van der Waals surface area contributed by atoms with Crippen molar-refractivity contribution in [3.8, 4) is 0 Å². The van der Waals surface area contributed by atoms with Crippen LogP contribution in [0, 0.1) is 6.92 Å². The molecule has 4 rings (SSSR count). The summed E-state index contributed by atoms with van der Waals surface area (Å²) in [6.07, 6.45) is 4.42. The summed E-state index contributed by atoms with van der Waals surface area (Å²) in [5.74, 6) is 0.497. The number of para-hydroxylation sites is 1. The molecule has 1 N–H and O–H groups in total. The molecule has 2 aromatic carbocycles. The number of carbonyl (C=O) groups excluding carboxylic acids is 1. The van der Waals surface area contributed by atoms with Gasteiger partial charge >= 0.3 is 0 Å². The third kappa shape index (κ3) is 4.74. The highest BCUT2D eigenvalue weighted by Crippen LogP contribution is 2.29. The molecule has 1 aliphatic rings. The lowest BCUT2D eigenvalue weighted by Gasteiger charge is -2.32. The van der Waals surface area contributed by atoms with Crippen molar-refractivity contribution in [1.29, 1.82) is 0 Å². The molecule has 0 unspecified atom stereocenters. The van der Waals surface area contributed by atoms with E-state index in [1.165, 1.54) is 11.1 Å². The zero-order chi connectivity index (χ0) is 20.2. The van der Waals surface area contributed by atoms with Gasteiger partial charge in [-0.2, -0.15) is 5.10 Å². The Morgan fingerprint density at radius 3 is 2.38 bits per heavy atom. The van der Waals surface area contributed by atoms with Gasteiger partial charge in [0.05, 0.1) is 5.69 Å². The number of anilines is 1. The lowest BCUT2D eigenvalue weighted by Crippen LogP contribution is -2.32. The third-order valence-corrected chi connectivity index (χ3v) is 5.77. The highest BCUT2D eigenvalue weighted by Gasteiger charge is 2.21. The fourth-order valence-electron chi connectivity index (χ4n) is 4.10. The van der Waals surface area contributed by atoms with Gasteiger partial charge in [-0.05, 0) is 68.6 Å². The van der Waals surface area contributed by atoms with Gasteiger partial charge in [0.15, 0.2) is 0 Å². The molecule has 5 nitrogen and oxygen atoms in total. The molecule has 150 valence electrons. The van der Waals surface area contributed by atoms with Gasteiger partial charge in [-0.3, -0.25) is 14.4 Å². The highest BCUT2D eigenvalue weighted by atomic mass is 16.1. The average molecular weight is 389 g/mol. The molecule has 29 heavy (non-hydrogen) atoms. The van der Waals surface area contributed by atoms with Crippen LogP contribution < -0.4 is 5.32 Å². The van der Waals surface area contributed by atoms with E-state index in [4.69, 9.17) is 0 Å². The van der Waals surface area contributed by atoms with Crippen LogP contribution in [0.4, 0.5) is 5.69 Å². The predicted octanol–water partition coefficient (Wildman–Crippen LogP) is 4.36. The Hall–Kier alpha value is -2.92. The normalized spacial score (nSPS) is 15.4. The van der Waals surface area contributed by atoms with Crippen molar-refractivity contribution < 1.29 is 4.79 Å². The maximum atomic E-state index is 12.4. The number of benzene rings is 2. The number of hydrogen-bond donors (Lipinski definition) is 1. The van der Waals surface area contributed by atoms with E-state index >= 15 is 0 Å². The average Bonchev–Trinajstić information content (AvgIpc) is 3.06. The van der Waals surface area contributed by atoms with E-state index < -0.39 is 0 Å². The topological polar surface area (TPSA) is 50.2 Å². The standard InChI is InChI=1S/C24H28N4O/c1-18-22(16-27(2)26-18)17-28-14-12-20(13-15-28)19-8-10-21(11-9-19)24(29)25-23-6-4-3-5-7-23/h3-11,16,20H,12-15,17H2,1-2H3,(H,25,29). The molecule has 1 fully saturated rings. The second-order valence-electron chi connectivity index (χ2n) is 7.91. The van der Waals surface area contributed by atoms with E-state index in [1.54, 1.807) is 0 Å². The first kappa shape index (κ1) is 19.4. The number of rotatable bonds is 5. The number of aryl methyl sites for hydroxylation is 2. The van der Waals surface area contributed by atoms with E-state index in [0.29, 0.717) is 11.5 Å². The van der Waals surface area contributed by atoms with Gasteiger partial charge in [-0.15, -0.1) is 0 Å². The monoisotopic (exact) mass is 388 g/mol. The van der Waals surface area contributed by atoms with E-state index in [9.17, 15) is 4.79 Å². The second kappa shape index (κ2) is 8.62. The highest BCUT2D eigenvalue weighted by molar-refractivity contribution is 6.04. The number of aromatic nitrogens is 2. The van der Waals surface area contributed by atoms with Crippen LogP contribution in [0.15, 0.2) is 60.8 Å². The van der Waals surface area contributed by atoms with Crippen LogP contribution in [-0.2, 0) is 13.6 Å². The second-order valence-corrected chi connectivity index (χ2v) is 7.91. The van der Waals surface area contributed by atoms with Crippen molar-refractivity contribution in [2.75, 3.05) is 18.4 Å². The quantitative estimate of drug-likeness (QED) is 0.706. The smallest absolute Gasteiger partial charge is 0.255 e. The molecule has 5 heteroatoms. The summed E-state index contributed by atoms with van der Waals surface area (Å²) in [7, 11) is 1.98. The van der Waals surface area contributed by atoms with Gasteiger partial charge in [-0.1, -0.05) is 30.3 Å². The summed E-state index contributed by atoms with van der Waals surface area (Å²) in [4.78, 5) is 14.9.